The summed E-state index contributed by atoms with van der Waals surface area (Å²) >= 11 is 0. The van der Waals surface area contributed by atoms with Crippen molar-refractivity contribution in [2.45, 2.75) is 20.3 Å². The largest absolute Gasteiger partial charge is 0.493 e. The molecule has 0 fully saturated rings. The highest BCUT2D eigenvalue weighted by Crippen LogP contribution is 2.34. The molecule has 0 aliphatic heterocycles. The molecule has 0 aliphatic carbocycles. The van der Waals surface area contributed by atoms with Crippen molar-refractivity contribution < 1.29 is 19.2 Å². The molecule has 1 amide bonds. The number of benzene rings is 1. The molecule has 20 heavy (non-hydrogen) atoms. The summed E-state index contributed by atoms with van der Waals surface area (Å²) in [4.78, 5) is 21.2. The SMILES string of the molecule is CCc1cc(OCCNC(C)=O)c(OC)cc1[N+](=O)[O-]. The maximum atomic E-state index is 11.0. The summed E-state index contributed by atoms with van der Waals surface area (Å²) in [6.45, 7) is 3.87. The van der Waals surface area contributed by atoms with E-state index in [1.807, 2.05) is 6.92 Å². The van der Waals surface area contributed by atoms with Gasteiger partial charge in [-0.2, -0.15) is 0 Å². The van der Waals surface area contributed by atoms with E-state index in [9.17, 15) is 14.9 Å². The van der Waals surface area contributed by atoms with Crippen molar-refractivity contribution in [2.75, 3.05) is 20.3 Å². The number of amides is 1. The van der Waals surface area contributed by atoms with Crippen LogP contribution in [-0.2, 0) is 11.2 Å². The van der Waals surface area contributed by atoms with Crippen LogP contribution in [0.25, 0.3) is 0 Å². The smallest absolute Gasteiger partial charge is 0.276 e. The molecule has 0 saturated heterocycles. The van der Waals surface area contributed by atoms with Crippen molar-refractivity contribution in [2.24, 2.45) is 0 Å². The minimum absolute atomic E-state index is 0.0126. The number of hydrogen-bond acceptors (Lipinski definition) is 5. The molecule has 0 atom stereocenters. The summed E-state index contributed by atoms with van der Waals surface area (Å²) in [6, 6.07) is 2.96. The van der Waals surface area contributed by atoms with Crippen LogP contribution in [0.3, 0.4) is 0 Å². The molecule has 0 unspecified atom stereocenters. The van der Waals surface area contributed by atoms with Gasteiger partial charge in [0.15, 0.2) is 11.5 Å². The first kappa shape index (κ1) is 15.7. The van der Waals surface area contributed by atoms with Crippen LogP contribution in [0, 0.1) is 10.1 Å². The number of nitro groups is 1. The van der Waals surface area contributed by atoms with Crippen LogP contribution in [0.2, 0.25) is 0 Å². The summed E-state index contributed by atoms with van der Waals surface area (Å²) in [5.74, 6) is 0.593. The van der Waals surface area contributed by atoms with Gasteiger partial charge in [0, 0.05) is 12.5 Å². The average molecular weight is 282 g/mol. The molecule has 0 bridgehead atoms. The number of nitro benzene ring substituents is 1. The first-order chi connectivity index (χ1) is 9.49. The fourth-order valence-electron chi connectivity index (χ4n) is 1.70. The number of hydrogen-bond donors (Lipinski definition) is 1. The van der Waals surface area contributed by atoms with Gasteiger partial charge in [-0.05, 0) is 12.5 Å². The third-order valence-corrected chi connectivity index (χ3v) is 2.68. The fourth-order valence-corrected chi connectivity index (χ4v) is 1.70. The van der Waals surface area contributed by atoms with E-state index in [2.05, 4.69) is 5.32 Å². The zero-order valence-electron chi connectivity index (χ0n) is 11.8. The van der Waals surface area contributed by atoms with Crippen LogP contribution < -0.4 is 14.8 Å². The molecule has 7 heteroatoms. The maximum absolute atomic E-state index is 11.0. The molecule has 1 aromatic carbocycles. The van der Waals surface area contributed by atoms with Crippen molar-refractivity contribution in [1.29, 1.82) is 0 Å². The molecule has 0 aromatic heterocycles. The molecule has 7 nitrogen and oxygen atoms in total. The molecule has 0 radical (unpaired) electrons. The maximum Gasteiger partial charge on any atom is 0.276 e. The van der Waals surface area contributed by atoms with E-state index in [0.717, 1.165) is 0 Å². The van der Waals surface area contributed by atoms with Crippen molar-refractivity contribution in [3.63, 3.8) is 0 Å². The first-order valence-electron chi connectivity index (χ1n) is 6.22. The molecule has 0 spiro atoms. The molecule has 0 saturated carbocycles. The van der Waals surface area contributed by atoms with Gasteiger partial charge in [-0.1, -0.05) is 6.92 Å². The van der Waals surface area contributed by atoms with Gasteiger partial charge in [0.25, 0.3) is 5.69 Å². The molecule has 0 heterocycles. The Bertz CT molecular complexity index is 502. The first-order valence-corrected chi connectivity index (χ1v) is 6.22. The lowest BCUT2D eigenvalue weighted by Crippen LogP contribution is -2.25. The predicted octanol–water partition coefficient (Wildman–Crippen LogP) is 1.68. The highest BCUT2D eigenvalue weighted by Gasteiger charge is 2.18. The zero-order chi connectivity index (χ0) is 15.1. The Morgan fingerprint density at radius 2 is 2.10 bits per heavy atom. The minimum atomic E-state index is -0.442. The average Bonchev–Trinajstić information content (AvgIpc) is 2.42. The third kappa shape index (κ3) is 4.11. The predicted molar refractivity (Wildman–Crippen MR) is 73.2 cm³/mol. The number of aryl methyl sites for hydroxylation is 1. The van der Waals surface area contributed by atoms with Gasteiger partial charge < -0.3 is 14.8 Å². The monoisotopic (exact) mass is 282 g/mol. The van der Waals surface area contributed by atoms with E-state index in [1.54, 1.807) is 6.07 Å². The Balaban J connectivity index is 2.89. The normalized spacial score (nSPS) is 9.95. The van der Waals surface area contributed by atoms with E-state index in [1.165, 1.54) is 20.1 Å². The highest BCUT2D eigenvalue weighted by molar-refractivity contribution is 5.72. The Morgan fingerprint density at radius 1 is 1.40 bits per heavy atom. The van der Waals surface area contributed by atoms with Gasteiger partial charge in [0.2, 0.25) is 5.91 Å². The summed E-state index contributed by atoms with van der Waals surface area (Å²) < 4.78 is 10.6. The molecule has 0 aliphatic rings. The quantitative estimate of drug-likeness (QED) is 0.467. The Labute approximate surface area is 117 Å². The van der Waals surface area contributed by atoms with E-state index in [-0.39, 0.29) is 18.2 Å². The van der Waals surface area contributed by atoms with Crippen molar-refractivity contribution in [3.05, 3.63) is 27.8 Å². The molecule has 1 rings (SSSR count). The minimum Gasteiger partial charge on any atom is -0.493 e. The number of nitrogens with zero attached hydrogens (tertiary/aromatic N) is 1. The number of methoxy groups -OCH3 is 1. The Kier molecular flexibility index (Phi) is 5.76. The zero-order valence-corrected chi connectivity index (χ0v) is 11.8. The number of rotatable bonds is 7. The van der Waals surface area contributed by atoms with Crippen LogP contribution in [0.15, 0.2) is 12.1 Å². The number of carbonyl (C=O) groups is 1. The second-order valence-electron chi connectivity index (χ2n) is 4.07. The van der Waals surface area contributed by atoms with Crippen LogP contribution in [0.5, 0.6) is 11.5 Å². The van der Waals surface area contributed by atoms with E-state index in [4.69, 9.17) is 9.47 Å². The van der Waals surface area contributed by atoms with Gasteiger partial charge >= 0.3 is 0 Å². The summed E-state index contributed by atoms with van der Waals surface area (Å²) in [7, 11) is 1.42. The van der Waals surface area contributed by atoms with Crippen LogP contribution in [0.4, 0.5) is 5.69 Å². The lowest BCUT2D eigenvalue weighted by molar-refractivity contribution is -0.385. The number of nitrogens with one attached hydrogen (secondary N) is 1. The lowest BCUT2D eigenvalue weighted by Gasteiger charge is -2.12. The van der Waals surface area contributed by atoms with Crippen LogP contribution in [0.1, 0.15) is 19.4 Å². The van der Waals surface area contributed by atoms with E-state index < -0.39 is 4.92 Å². The molecule has 1 N–H and O–H groups in total. The molecular formula is C13H18N2O5. The Hall–Kier alpha value is -2.31. The third-order valence-electron chi connectivity index (χ3n) is 2.68. The second kappa shape index (κ2) is 7.32. The molecule has 110 valence electrons. The van der Waals surface area contributed by atoms with E-state index >= 15 is 0 Å². The van der Waals surface area contributed by atoms with Gasteiger partial charge in [-0.15, -0.1) is 0 Å². The highest BCUT2D eigenvalue weighted by atomic mass is 16.6. The van der Waals surface area contributed by atoms with E-state index in [0.29, 0.717) is 30.0 Å². The number of ether oxygens (including phenoxy) is 2. The standard InChI is InChI=1S/C13H18N2O5/c1-4-10-7-13(20-6-5-14-9(2)16)12(19-3)8-11(10)15(17)18/h7-8H,4-6H2,1-3H3,(H,14,16). The van der Waals surface area contributed by atoms with Gasteiger partial charge in [0.1, 0.15) is 6.61 Å². The fraction of sp³-hybridized carbons (Fsp3) is 0.462. The van der Waals surface area contributed by atoms with Crippen molar-refractivity contribution in [1.82, 2.24) is 5.32 Å². The molecular weight excluding hydrogens is 264 g/mol. The summed E-state index contributed by atoms with van der Waals surface area (Å²) in [6.07, 6.45) is 0.516. The lowest BCUT2D eigenvalue weighted by atomic mass is 10.1. The molecule has 1 aromatic rings. The van der Waals surface area contributed by atoms with Crippen molar-refractivity contribution in [3.8, 4) is 11.5 Å². The Morgan fingerprint density at radius 3 is 2.60 bits per heavy atom. The van der Waals surface area contributed by atoms with Crippen LogP contribution >= 0.6 is 0 Å². The van der Waals surface area contributed by atoms with Gasteiger partial charge in [-0.3, -0.25) is 14.9 Å². The van der Waals surface area contributed by atoms with Crippen molar-refractivity contribution >= 4 is 11.6 Å². The summed E-state index contributed by atoms with van der Waals surface area (Å²) in [5.41, 5.74) is 0.587. The summed E-state index contributed by atoms with van der Waals surface area (Å²) in [5, 5.41) is 13.6. The van der Waals surface area contributed by atoms with Gasteiger partial charge in [-0.25, -0.2) is 0 Å². The van der Waals surface area contributed by atoms with Gasteiger partial charge in [0.05, 0.1) is 24.6 Å². The second-order valence-corrected chi connectivity index (χ2v) is 4.07. The number of carbonyl (C=O) groups excluding carboxylic acids is 1. The topological polar surface area (TPSA) is 90.7 Å². The van der Waals surface area contributed by atoms with Crippen LogP contribution in [-0.4, -0.2) is 31.1 Å².